The summed E-state index contributed by atoms with van der Waals surface area (Å²) in [5.41, 5.74) is 25.2. The predicted octanol–water partition coefficient (Wildman–Crippen LogP) is 17.2. The van der Waals surface area contributed by atoms with Crippen molar-refractivity contribution in [3.63, 3.8) is 0 Å². The van der Waals surface area contributed by atoms with E-state index in [0.29, 0.717) is 0 Å². The van der Waals surface area contributed by atoms with Crippen LogP contribution in [0.25, 0.3) is 44.5 Å². The molecule has 2 nitrogen and oxygen atoms in total. The van der Waals surface area contributed by atoms with Gasteiger partial charge in [0.15, 0.2) is 0 Å². The maximum Gasteiger partial charge on any atom is 0.0465 e. The number of fused-ring (bicyclic) bond motifs is 9. The Balaban J connectivity index is 0.915. The molecule has 0 saturated heterocycles. The van der Waals surface area contributed by atoms with Gasteiger partial charge in [0, 0.05) is 50.4 Å². The molecule has 0 atom stereocenters. The van der Waals surface area contributed by atoms with Crippen LogP contribution in [0.3, 0.4) is 0 Å². The molecule has 65 heavy (non-hydrogen) atoms. The van der Waals surface area contributed by atoms with Gasteiger partial charge >= 0.3 is 0 Å². The molecule has 0 fully saturated rings. The van der Waals surface area contributed by atoms with Gasteiger partial charge in [-0.2, -0.15) is 0 Å². The van der Waals surface area contributed by atoms with E-state index in [0.717, 1.165) is 34.1 Å². The monoisotopic (exact) mass is 836 g/mol. The summed E-state index contributed by atoms with van der Waals surface area (Å²) in [5, 5.41) is 0. The van der Waals surface area contributed by atoms with Crippen molar-refractivity contribution in [2.75, 3.05) is 9.80 Å². The molecule has 314 valence electrons. The number of hydrogen-bond acceptors (Lipinski definition) is 2. The maximum atomic E-state index is 2.46. The van der Waals surface area contributed by atoms with E-state index >= 15 is 0 Å². The fourth-order valence-electron chi connectivity index (χ4n) is 11.6. The molecule has 0 bridgehead atoms. The molecule has 9 aromatic carbocycles. The molecule has 0 radical (unpaired) electrons. The molecular formula is C63H52N2. The van der Waals surface area contributed by atoms with Crippen molar-refractivity contribution in [2.24, 2.45) is 0 Å². The lowest BCUT2D eigenvalue weighted by atomic mass is 9.82. The quantitative estimate of drug-likeness (QED) is 0.158. The second-order valence-electron chi connectivity index (χ2n) is 19.8. The van der Waals surface area contributed by atoms with Crippen LogP contribution >= 0.6 is 0 Å². The summed E-state index contributed by atoms with van der Waals surface area (Å²) in [7, 11) is 0. The normalized spacial score (nSPS) is 15.0. The van der Waals surface area contributed by atoms with Crippen LogP contribution in [-0.2, 0) is 16.2 Å². The van der Waals surface area contributed by atoms with Gasteiger partial charge in [-0.25, -0.2) is 0 Å². The highest BCUT2D eigenvalue weighted by molar-refractivity contribution is 5.90. The molecule has 12 rings (SSSR count). The van der Waals surface area contributed by atoms with Gasteiger partial charge in [0.1, 0.15) is 0 Å². The lowest BCUT2D eigenvalue weighted by molar-refractivity contribution is 0.660. The number of rotatable bonds is 7. The Labute approximate surface area is 384 Å². The Kier molecular flexibility index (Phi) is 8.62. The lowest BCUT2D eigenvalue weighted by Gasteiger charge is -2.30. The third-order valence-corrected chi connectivity index (χ3v) is 15.1. The minimum atomic E-state index is -0.107. The Morgan fingerprint density at radius 2 is 0.492 bits per heavy atom. The van der Waals surface area contributed by atoms with Gasteiger partial charge in [0.25, 0.3) is 0 Å². The molecule has 0 aliphatic heterocycles. The minimum Gasteiger partial charge on any atom is -0.310 e. The number of benzene rings is 9. The molecule has 0 aromatic heterocycles. The summed E-state index contributed by atoms with van der Waals surface area (Å²) in [4.78, 5) is 4.84. The van der Waals surface area contributed by atoms with E-state index < -0.39 is 0 Å². The van der Waals surface area contributed by atoms with Gasteiger partial charge in [0.05, 0.1) is 0 Å². The Morgan fingerprint density at radius 3 is 0.846 bits per heavy atom. The number of hydrogen-bond donors (Lipinski definition) is 0. The third kappa shape index (κ3) is 5.93. The number of nitrogens with zero attached hydrogens (tertiary/aromatic N) is 2. The number of para-hydroxylation sites is 1. The van der Waals surface area contributed by atoms with Crippen LogP contribution < -0.4 is 9.80 Å². The maximum absolute atomic E-state index is 2.46. The van der Waals surface area contributed by atoms with E-state index in [9.17, 15) is 0 Å². The Morgan fingerprint density at radius 1 is 0.231 bits per heavy atom. The highest BCUT2D eigenvalue weighted by atomic mass is 15.1. The van der Waals surface area contributed by atoms with Crippen LogP contribution in [0.5, 0.6) is 0 Å². The van der Waals surface area contributed by atoms with Crippen molar-refractivity contribution in [3.8, 4) is 44.5 Å². The summed E-state index contributed by atoms with van der Waals surface area (Å²) < 4.78 is 0. The van der Waals surface area contributed by atoms with E-state index in [1.54, 1.807) is 0 Å². The molecular weight excluding hydrogens is 785 g/mol. The first-order valence-electron chi connectivity index (χ1n) is 23.1. The topological polar surface area (TPSA) is 6.48 Å². The van der Waals surface area contributed by atoms with Gasteiger partial charge in [0.2, 0.25) is 0 Å². The second kappa shape index (κ2) is 14.3. The lowest BCUT2D eigenvalue weighted by Crippen LogP contribution is -2.18. The van der Waals surface area contributed by atoms with Gasteiger partial charge in [-0.15, -0.1) is 0 Å². The fraction of sp³-hybridized carbons (Fsp3) is 0.143. The van der Waals surface area contributed by atoms with Gasteiger partial charge in [-0.1, -0.05) is 175 Å². The first-order valence-corrected chi connectivity index (χ1v) is 23.1. The van der Waals surface area contributed by atoms with E-state index in [1.165, 1.54) is 77.9 Å². The standard InChI is InChI=1S/C63H52N2/c1-61(2)55-21-13-10-18-49(55)52-35-32-46(38-58(52)61)64(43-16-8-7-9-17-43)44-28-24-41(25-29-44)42-26-30-45(31-27-42)65(47-33-36-53-50-19-11-14-22-56(50)62(3,4)59(53)39-47)48-34-37-54-51-20-12-15-23-57(51)63(5,6)60(54)40-48/h7-40H,1-6H3. The first kappa shape index (κ1) is 39.2. The van der Waals surface area contributed by atoms with E-state index in [-0.39, 0.29) is 16.2 Å². The first-order chi connectivity index (χ1) is 31.5. The van der Waals surface area contributed by atoms with E-state index in [2.05, 4.69) is 258 Å². The van der Waals surface area contributed by atoms with E-state index in [1.807, 2.05) is 0 Å². The minimum absolute atomic E-state index is 0.0815. The smallest absolute Gasteiger partial charge is 0.0465 e. The van der Waals surface area contributed by atoms with Crippen LogP contribution in [0, 0.1) is 0 Å². The Hall–Kier alpha value is -7.42. The summed E-state index contributed by atoms with van der Waals surface area (Å²) in [6.45, 7) is 14.2. The van der Waals surface area contributed by atoms with Gasteiger partial charge in [-0.05, 0) is 151 Å². The molecule has 0 heterocycles. The zero-order valence-electron chi connectivity index (χ0n) is 38.0. The summed E-state index contributed by atoms with van der Waals surface area (Å²) in [6.07, 6.45) is 0. The summed E-state index contributed by atoms with van der Waals surface area (Å²) in [5.74, 6) is 0. The third-order valence-electron chi connectivity index (χ3n) is 15.1. The highest BCUT2D eigenvalue weighted by Gasteiger charge is 2.38. The van der Waals surface area contributed by atoms with Crippen molar-refractivity contribution < 1.29 is 0 Å². The predicted molar refractivity (Wildman–Crippen MR) is 274 cm³/mol. The largest absolute Gasteiger partial charge is 0.310 e. The summed E-state index contributed by atoms with van der Waals surface area (Å²) in [6, 6.07) is 76.9. The van der Waals surface area contributed by atoms with Crippen molar-refractivity contribution in [3.05, 3.63) is 240 Å². The van der Waals surface area contributed by atoms with Crippen LogP contribution in [0.15, 0.2) is 206 Å². The molecule has 0 saturated carbocycles. The molecule has 3 aliphatic rings. The highest BCUT2D eigenvalue weighted by Crippen LogP contribution is 2.54. The van der Waals surface area contributed by atoms with Gasteiger partial charge < -0.3 is 9.80 Å². The van der Waals surface area contributed by atoms with Crippen molar-refractivity contribution in [2.45, 2.75) is 57.8 Å². The molecule has 2 heteroatoms. The zero-order chi connectivity index (χ0) is 44.2. The molecule has 9 aromatic rings. The van der Waals surface area contributed by atoms with Crippen LogP contribution in [0.4, 0.5) is 34.1 Å². The molecule has 3 aliphatic carbocycles. The van der Waals surface area contributed by atoms with Crippen LogP contribution in [0.1, 0.15) is 74.9 Å². The Bertz CT molecular complexity index is 3230. The average Bonchev–Trinajstić information content (AvgIpc) is 3.82. The molecule has 0 unspecified atom stereocenters. The van der Waals surface area contributed by atoms with Crippen LogP contribution in [-0.4, -0.2) is 0 Å². The SMILES string of the molecule is CC1(C)c2ccccc2-c2ccc(N(c3ccccc3)c3ccc(-c4ccc(N(c5ccc6c(c5)C(C)(C)c5ccccc5-6)c5ccc6c(c5)C(C)(C)c5ccccc5-6)cc4)cc3)cc21. The van der Waals surface area contributed by atoms with Gasteiger partial charge in [-0.3, -0.25) is 0 Å². The van der Waals surface area contributed by atoms with Crippen molar-refractivity contribution in [1.82, 2.24) is 0 Å². The molecule has 0 N–H and O–H groups in total. The molecule has 0 spiro atoms. The van der Waals surface area contributed by atoms with Crippen molar-refractivity contribution in [1.29, 1.82) is 0 Å². The summed E-state index contributed by atoms with van der Waals surface area (Å²) >= 11 is 0. The van der Waals surface area contributed by atoms with E-state index in [4.69, 9.17) is 0 Å². The fourth-order valence-corrected chi connectivity index (χ4v) is 11.6. The zero-order valence-corrected chi connectivity index (χ0v) is 38.0. The number of anilines is 6. The van der Waals surface area contributed by atoms with Crippen LogP contribution in [0.2, 0.25) is 0 Å². The molecule has 0 amide bonds. The van der Waals surface area contributed by atoms with Crippen molar-refractivity contribution >= 4 is 34.1 Å². The average molecular weight is 837 g/mol. The second-order valence-corrected chi connectivity index (χ2v) is 19.8.